The molecule has 2 aromatic carbocycles. The molecule has 0 aliphatic carbocycles. The molecule has 0 radical (unpaired) electrons. The van der Waals surface area contributed by atoms with Crippen LogP contribution < -0.4 is 10.3 Å². The molecule has 0 saturated carbocycles. The number of hydrogen-bond acceptors (Lipinski definition) is 4. The summed E-state index contributed by atoms with van der Waals surface area (Å²) >= 11 is 0. The van der Waals surface area contributed by atoms with Crippen molar-refractivity contribution in [2.24, 2.45) is 7.05 Å². The van der Waals surface area contributed by atoms with E-state index in [0.29, 0.717) is 23.6 Å². The minimum atomic E-state index is -0.306. The Bertz CT molecular complexity index is 1030. The molecule has 0 saturated heterocycles. The van der Waals surface area contributed by atoms with E-state index in [-0.39, 0.29) is 12.2 Å². The van der Waals surface area contributed by atoms with Crippen LogP contribution in [-0.4, -0.2) is 14.9 Å². The number of aryl methyl sites for hydroxylation is 4. The Morgan fingerprint density at radius 2 is 1.66 bits per heavy atom. The maximum absolute atomic E-state index is 13.2. The lowest BCUT2D eigenvalue weighted by Gasteiger charge is -2.20. The molecular formula is C24H28N2O3. The Labute approximate surface area is 171 Å². The van der Waals surface area contributed by atoms with Crippen molar-refractivity contribution in [2.45, 2.75) is 46.8 Å². The lowest BCUT2D eigenvalue weighted by atomic mass is 9.90. The Hall–Kier alpha value is -2.92. The average Bonchev–Trinajstić information content (AvgIpc) is 2.74. The Morgan fingerprint density at radius 3 is 2.21 bits per heavy atom. The van der Waals surface area contributed by atoms with E-state index >= 15 is 0 Å². The van der Waals surface area contributed by atoms with Gasteiger partial charge in [0.1, 0.15) is 12.3 Å². The summed E-state index contributed by atoms with van der Waals surface area (Å²) in [5, 5.41) is 14.2. The standard InChI is InChI=1S/C24H28N2O3/c1-5-18-12-16(3)13-19(6-2)21(18)22-23(20(14-27)25-26(4)24(22)28)29-15-17-10-8-7-9-11-17/h7-13,27H,5-6,14-15H2,1-4H3. The minimum absolute atomic E-state index is 0.224. The number of benzene rings is 2. The van der Waals surface area contributed by atoms with Crippen LogP contribution in [0.15, 0.2) is 47.3 Å². The maximum atomic E-state index is 13.2. The van der Waals surface area contributed by atoms with Crippen LogP contribution in [0.4, 0.5) is 0 Å². The van der Waals surface area contributed by atoms with Crippen LogP contribution in [0.2, 0.25) is 0 Å². The van der Waals surface area contributed by atoms with Gasteiger partial charge < -0.3 is 9.84 Å². The van der Waals surface area contributed by atoms with Crippen molar-refractivity contribution in [1.82, 2.24) is 9.78 Å². The molecule has 0 unspecified atom stereocenters. The lowest BCUT2D eigenvalue weighted by Crippen LogP contribution is -2.25. The monoisotopic (exact) mass is 392 g/mol. The first-order valence-electron chi connectivity index (χ1n) is 10.0. The Kier molecular flexibility index (Phi) is 6.49. The summed E-state index contributed by atoms with van der Waals surface area (Å²) in [6.45, 7) is 6.23. The Balaban J connectivity index is 2.26. The maximum Gasteiger partial charge on any atom is 0.278 e. The summed E-state index contributed by atoms with van der Waals surface area (Å²) in [5.41, 5.74) is 5.87. The smallest absolute Gasteiger partial charge is 0.278 e. The molecule has 152 valence electrons. The van der Waals surface area contributed by atoms with Gasteiger partial charge in [-0.2, -0.15) is 5.10 Å². The molecule has 0 aliphatic rings. The van der Waals surface area contributed by atoms with Gasteiger partial charge in [-0.1, -0.05) is 61.9 Å². The third-order valence-corrected chi connectivity index (χ3v) is 5.10. The zero-order valence-corrected chi connectivity index (χ0v) is 17.5. The number of aromatic nitrogens is 2. The summed E-state index contributed by atoms with van der Waals surface area (Å²) < 4.78 is 7.42. The van der Waals surface area contributed by atoms with Crippen LogP contribution in [0.25, 0.3) is 11.1 Å². The molecule has 3 rings (SSSR count). The van der Waals surface area contributed by atoms with E-state index in [1.807, 2.05) is 30.3 Å². The first-order valence-corrected chi connectivity index (χ1v) is 10.0. The summed E-state index contributed by atoms with van der Waals surface area (Å²) in [6.07, 6.45) is 1.59. The first kappa shape index (κ1) is 20.8. The van der Waals surface area contributed by atoms with Gasteiger partial charge in [-0.15, -0.1) is 0 Å². The van der Waals surface area contributed by atoms with Crippen LogP contribution >= 0.6 is 0 Å². The molecule has 0 aliphatic heterocycles. The highest BCUT2D eigenvalue weighted by Gasteiger charge is 2.23. The number of aliphatic hydroxyl groups is 1. The third kappa shape index (κ3) is 4.25. The molecule has 0 fully saturated rings. The fourth-order valence-corrected chi connectivity index (χ4v) is 3.70. The zero-order valence-electron chi connectivity index (χ0n) is 17.5. The van der Waals surface area contributed by atoms with Crippen molar-refractivity contribution < 1.29 is 9.84 Å². The van der Waals surface area contributed by atoms with Gasteiger partial charge in [-0.25, -0.2) is 4.68 Å². The molecule has 0 atom stereocenters. The predicted molar refractivity (Wildman–Crippen MR) is 115 cm³/mol. The average molecular weight is 392 g/mol. The molecule has 1 heterocycles. The SMILES string of the molecule is CCc1cc(C)cc(CC)c1-c1c(OCc2ccccc2)c(CO)nn(C)c1=O. The van der Waals surface area contributed by atoms with Gasteiger partial charge in [-0.3, -0.25) is 4.79 Å². The summed E-state index contributed by atoms with van der Waals surface area (Å²) in [6, 6.07) is 14.0. The fourth-order valence-electron chi connectivity index (χ4n) is 3.70. The normalized spacial score (nSPS) is 10.9. The van der Waals surface area contributed by atoms with Crippen molar-refractivity contribution in [2.75, 3.05) is 0 Å². The quantitative estimate of drug-likeness (QED) is 0.661. The molecule has 29 heavy (non-hydrogen) atoms. The lowest BCUT2D eigenvalue weighted by molar-refractivity contribution is 0.249. The van der Waals surface area contributed by atoms with Gasteiger partial charge in [0.25, 0.3) is 5.56 Å². The molecule has 1 N–H and O–H groups in total. The van der Waals surface area contributed by atoms with E-state index in [0.717, 1.165) is 35.1 Å². The molecule has 0 amide bonds. The second-order valence-corrected chi connectivity index (χ2v) is 7.18. The van der Waals surface area contributed by atoms with Gasteiger partial charge in [0.15, 0.2) is 5.75 Å². The number of hydrogen-bond donors (Lipinski definition) is 1. The highest BCUT2D eigenvalue weighted by molar-refractivity contribution is 5.77. The molecule has 5 nitrogen and oxygen atoms in total. The van der Waals surface area contributed by atoms with Crippen LogP contribution in [0, 0.1) is 6.92 Å². The second-order valence-electron chi connectivity index (χ2n) is 7.18. The first-order chi connectivity index (χ1) is 14.0. The summed E-state index contributed by atoms with van der Waals surface area (Å²) in [5.74, 6) is 0.368. The summed E-state index contributed by atoms with van der Waals surface area (Å²) in [4.78, 5) is 13.2. The van der Waals surface area contributed by atoms with E-state index in [2.05, 4.69) is 38.0 Å². The van der Waals surface area contributed by atoms with E-state index in [1.165, 1.54) is 10.2 Å². The third-order valence-electron chi connectivity index (χ3n) is 5.10. The van der Waals surface area contributed by atoms with Crippen molar-refractivity contribution in [1.29, 1.82) is 0 Å². The predicted octanol–water partition coefficient (Wildman–Crippen LogP) is 3.95. The number of aliphatic hydroxyl groups excluding tert-OH is 1. The van der Waals surface area contributed by atoms with E-state index in [1.54, 1.807) is 7.05 Å². The zero-order chi connectivity index (χ0) is 21.0. The highest BCUT2D eigenvalue weighted by atomic mass is 16.5. The second kappa shape index (κ2) is 9.05. The van der Waals surface area contributed by atoms with Gasteiger partial charge in [-0.05, 0) is 42.0 Å². The van der Waals surface area contributed by atoms with Crippen molar-refractivity contribution in [3.05, 3.63) is 80.8 Å². The van der Waals surface area contributed by atoms with Gasteiger partial charge in [0, 0.05) is 7.05 Å². The van der Waals surface area contributed by atoms with Gasteiger partial charge in [0.2, 0.25) is 0 Å². The van der Waals surface area contributed by atoms with Crippen molar-refractivity contribution >= 4 is 0 Å². The van der Waals surface area contributed by atoms with Crippen LogP contribution in [-0.2, 0) is 33.1 Å². The number of rotatable bonds is 7. The van der Waals surface area contributed by atoms with Crippen LogP contribution in [0.5, 0.6) is 5.75 Å². The highest BCUT2D eigenvalue weighted by Crippen LogP contribution is 2.36. The topological polar surface area (TPSA) is 64.3 Å². The van der Waals surface area contributed by atoms with Crippen molar-refractivity contribution in [3.8, 4) is 16.9 Å². The molecular weight excluding hydrogens is 364 g/mol. The van der Waals surface area contributed by atoms with Crippen molar-refractivity contribution in [3.63, 3.8) is 0 Å². The summed E-state index contributed by atoms with van der Waals surface area (Å²) in [7, 11) is 1.61. The van der Waals surface area contributed by atoms with Gasteiger partial charge in [0.05, 0.1) is 12.2 Å². The number of ether oxygens (including phenoxy) is 1. The van der Waals surface area contributed by atoms with Crippen LogP contribution in [0.3, 0.4) is 0 Å². The largest absolute Gasteiger partial charge is 0.486 e. The number of nitrogens with zero attached hydrogens (tertiary/aromatic N) is 2. The minimum Gasteiger partial charge on any atom is -0.486 e. The van der Waals surface area contributed by atoms with E-state index < -0.39 is 0 Å². The van der Waals surface area contributed by atoms with E-state index in [9.17, 15) is 9.90 Å². The molecule has 1 aromatic heterocycles. The fraction of sp³-hybridized carbons (Fsp3) is 0.333. The van der Waals surface area contributed by atoms with E-state index in [4.69, 9.17) is 4.74 Å². The van der Waals surface area contributed by atoms with Gasteiger partial charge >= 0.3 is 0 Å². The molecule has 3 aromatic rings. The molecule has 0 spiro atoms. The molecule has 5 heteroatoms. The Morgan fingerprint density at radius 1 is 1.03 bits per heavy atom. The molecule has 0 bridgehead atoms. The van der Waals surface area contributed by atoms with Crippen LogP contribution in [0.1, 0.15) is 41.8 Å².